The molecule has 1 aromatic heterocycles. The fourth-order valence-electron chi connectivity index (χ4n) is 11.8. The predicted octanol–water partition coefficient (Wildman–Crippen LogP) is 1.95. The molecule has 1 saturated heterocycles. The van der Waals surface area contributed by atoms with Crippen molar-refractivity contribution >= 4 is 35.8 Å². The van der Waals surface area contributed by atoms with Crippen LogP contribution in [0.25, 0.3) is 0 Å². The molecule has 5 aliphatic rings. The van der Waals surface area contributed by atoms with E-state index >= 15 is 0 Å². The highest BCUT2D eigenvalue weighted by Crippen LogP contribution is 2.82. The van der Waals surface area contributed by atoms with Gasteiger partial charge in [-0.2, -0.15) is 0 Å². The lowest BCUT2D eigenvalue weighted by Gasteiger charge is -2.73. The summed E-state index contributed by atoms with van der Waals surface area (Å²) in [6, 6.07) is 1.58. The maximum Gasteiger partial charge on any atom is 0.335 e. The van der Waals surface area contributed by atoms with E-state index < -0.39 is 124 Å². The summed E-state index contributed by atoms with van der Waals surface area (Å²) in [6.45, 7) is 9.73. The van der Waals surface area contributed by atoms with Crippen LogP contribution in [0.1, 0.15) is 79.4 Å². The predicted molar refractivity (Wildman–Crippen MR) is 164 cm³/mol. The summed E-state index contributed by atoms with van der Waals surface area (Å²) in [4.78, 5) is 78.7. The quantitative estimate of drug-likeness (QED) is 0.307. The minimum absolute atomic E-state index is 0.0817. The molecule has 4 saturated carbocycles. The lowest BCUT2D eigenvalue weighted by Crippen LogP contribution is -2.83. The van der Waals surface area contributed by atoms with Crippen molar-refractivity contribution in [3.8, 4) is 0 Å². The molecule has 6 rings (SSSR count). The van der Waals surface area contributed by atoms with Crippen LogP contribution in [0.2, 0.25) is 0 Å². The van der Waals surface area contributed by atoms with E-state index in [1.54, 1.807) is 26.8 Å². The molecule has 2 heterocycles. The van der Waals surface area contributed by atoms with Gasteiger partial charge in [0.2, 0.25) is 0 Å². The molecule has 274 valence electrons. The van der Waals surface area contributed by atoms with Gasteiger partial charge >= 0.3 is 35.8 Å². The van der Waals surface area contributed by atoms with Crippen molar-refractivity contribution in [3.63, 3.8) is 0 Å². The number of carbonyl (C=O) groups excluding carboxylic acids is 6. The van der Waals surface area contributed by atoms with Crippen molar-refractivity contribution in [1.82, 2.24) is 0 Å². The molecule has 4 aliphatic carbocycles. The van der Waals surface area contributed by atoms with E-state index in [0.29, 0.717) is 5.56 Å². The van der Waals surface area contributed by atoms with Gasteiger partial charge < -0.3 is 43.1 Å². The van der Waals surface area contributed by atoms with Crippen molar-refractivity contribution in [1.29, 1.82) is 0 Å². The average Bonchev–Trinajstić information content (AvgIpc) is 3.67. The van der Waals surface area contributed by atoms with Crippen LogP contribution in [-0.4, -0.2) is 88.8 Å². The number of aliphatic hydroxyl groups excluding tert-OH is 1. The lowest BCUT2D eigenvalue weighted by atomic mass is 9.35. The van der Waals surface area contributed by atoms with Crippen molar-refractivity contribution < 1.29 is 71.8 Å². The number of rotatable bonds is 7. The van der Waals surface area contributed by atoms with Crippen LogP contribution < -0.4 is 0 Å². The molecule has 1 aliphatic heterocycles. The summed E-state index contributed by atoms with van der Waals surface area (Å²) in [5.41, 5.74) is -7.89. The van der Waals surface area contributed by atoms with E-state index in [-0.39, 0.29) is 12.8 Å². The highest BCUT2D eigenvalue weighted by atomic mass is 16.6. The third kappa shape index (κ3) is 4.47. The van der Waals surface area contributed by atoms with Crippen LogP contribution in [0.4, 0.5) is 0 Å². The molecule has 5 fully saturated rings. The summed E-state index contributed by atoms with van der Waals surface area (Å²) in [7, 11) is 1.10. The largest absolute Gasteiger partial charge is 0.472 e. The van der Waals surface area contributed by atoms with Crippen LogP contribution in [0.3, 0.4) is 0 Å². The van der Waals surface area contributed by atoms with E-state index in [1.807, 2.05) is 0 Å². The first-order chi connectivity index (χ1) is 23.2. The summed E-state index contributed by atoms with van der Waals surface area (Å²) < 4.78 is 40.7. The van der Waals surface area contributed by atoms with E-state index in [2.05, 4.69) is 0 Å². The third-order valence-electron chi connectivity index (χ3n) is 13.0. The lowest BCUT2D eigenvalue weighted by molar-refractivity contribution is -0.369. The summed E-state index contributed by atoms with van der Waals surface area (Å²) >= 11 is 0. The molecule has 50 heavy (non-hydrogen) atoms. The second-order valence-corrected chi connectivity index (χ2v) is 15.3. The minimum atomic E-state index is -2.24. The summed E-state index contributed by atoms with van der Waals surface area (Å²) in [5, 5.41) is 25.6. The Labute approximate surface area is 288 Å². The smallest absolute Gasteiger partial charge is 0.335 e. The van der Waals surface area contributed by atoms with E-state index in [0.717, 1.165) is 21.0 Å². The Kier molecular flexibility index (Phi) is 8.26. The Balaban J connectivity index is 1.71. The van der Waals surface area contributed by atoms with Gasteiger partial charge in [-0.25, -0.2) is 4.79 Å². The average molecular weight is 705 g/mol. The fraction of sp³-hybridized carbons (Fsp3) is 0.714. The number of ether oxygens (including phenoxy) is 6. The summed E-state index contributed by atoms with van der Waals surface area (Å²) in [6.07, 6.45) is -4.92. The van der Waals surface area contributed by atoms with Crippen LogP contribution in [0.5, 0.6) is 0 Å². The van der Waals surface area contributed by atoms with Crippen molar-refractivity contribution in [2.75, 3.05) is 7.11 Å². The molecule has 2 N–H and O–H groups in total. The number of fused-ring (bicyclic) bond motifs is 5. The standard InChI is InChI=1S/C35H44O15/c1-15(36)46-22-11-21-33(7)26(25(41)30(42)44-8)31(5)14-34(33,50-18(4)39)24(28(31)47-16(2)37)29(48-17(3)38)35(21,43)20-12-23(40)49-27(32(20,22)6)19-9-10-45-13-19/h9-10,13,20-22,24-29,41,43H,11-12,14H2,1-8H3/t20-,21-,22+,24-,25-,26+,27+,28-,29-,31-,32+,33-,34-,35+/m1/s1. The van der Waals surface area contributed by atoms with Gasteiger partial charge in [-0.15, -0.1) is 0 Å². The molecular weight excluding hydrogens is 660 g/mol. The van der Waals surface area contributed by atoms with Gasteiger partial charge in [0.15, 0.2) is 6.10 Å². The van der Waals surface area contributed by atoms with Gasteiger partial charge in [0.1, 0.15) is 35.6 Å². The van der Waals surface area contributed by atoms with Crippen LogP contribution in [-0.2, 0) is 57.2 Å². The van der Waals surface area contributed by atoms with Crippen molar-refractivity contribution in [2.45, 2.75) is 109 Å². The van der Waals surface area contributed by atoms with Gasteiger partial charge in [0, 0.05) is 61.8 Å². The number of cyclic esters (lactones) is 1. The maximum atomic E-state index is 13.7. The van der Waals surface area contributed by atoms with Crippen LogP contribution in [0.15, 0.2) is 23.0 Å². The second-order valence-electron chi connectivity index (χ2n) is 15.3. The number of furan rings is 1. The van der Waals surface area contributed by atoms with Crippen LogP contribution in [0, 0.1) is 39.9 Å². The molecule has 15 heteroatoms. The number of carbonyl (C=O) groups is 6. The van der Waals surface area contributed by atoms with E-state index in [1.165, 1.54) is 26.4 Å². The topological polar surface area (TPSA) is 211 Å². The molecule has 1 aromatic rings. The Bertz CT molecular complexity index is 1620. The Morgan fingerprint density at radius 2 is 1.54 bits per heavy atom. The highest BCUT2D eigenvalue weighted by molar-refractivity contribution is 5.76. The Morgan fingerprint density at radius 3 is 2.08 bits per heavy atom. The first-order valence-corrected chi connectivity index (χ1v) is 16.7. The van der Waals surface area contributed by atoms with Gasteiger partial charge in [0.05, 0.1) is 37.4 Å². The number of hydrogen-bond acceptors (Lipinski definition) is 15. The summed E-state index contributed by atoms with van der Waals surface area (Å²) in [5.74, 6) is -9.62. The fourth-order valence-corrected chi connectivity index (χ4v) is 11.8. The zero-order valence-electron chi connectivity index (χ0n) is 29.3. The zero-order chi connectivity index (χ0) is 36.9. The monoisotopic (exact) mass is 704 g/mol. The van der Waals surface area contributed by atoms with Gasteiger partial charge in [-0.1, -0.05) is 20.8 Å². The number of methoxy groups -OCH3 is 1. The molecule has 14 atom stereocenters. The molecular formula is C35H44O15. The Morgan fingerprint density at radius 1 is 0.920 bits per heavy atom. The van der Waals surface area contributed by atoms with Gasteiger partial charge in [-0.05, 0) is 18.9 Å². The maximum absolute atomic E-state index is 13.7. The van der Waals surface area contributed by atoms with Crippen molar-refractivity contribution in [2.24, 2.45) is 39.9 Å². The molecule has 2 bridgehead atoms. The number of aliphatic hydroxyl groups is 2. The van der Waals surface area contributed by atoms with Gasteiger partial charge in [-0.3, -0.25) is 24.0 Å². The SMILES string of the molecule is COC(=O)[C@H](O)[C@H]1[C@@]2(C)C[C@@]3(OC(C)=O)[C@H]([C@H]2OC(C)=O)[C@@H](OC(C)=O)[C@]2(O)[C@@H]4CC(=O)O[C@@H](c5ccoc5)[C@]4(C)[C@@H](OC(C)=O)C[C@@H]2[C@]13C. The number of esters is 6. The van der Waals surface area contributed by atoms with Crippen LogP contribution >= 0.6 is 0 Å². The Hall–Kier alpha value is -3.98. The normalized spacial score (nSPS) is 44.5. The van der Waals surface area contributed by atoms with E-state index in [4.69, 9.17) is 32.8 Å². The van der Waals surface area contributed by atoms with E-state index in [9.17, 15) is 39.0 Å². The first-order valence-electron chi connectivity index (χ1n) is 16.7. The second kappa shape index (κ2) is 11.5. The molecule has 0 radical (unpaired) electrons. The molecule has 0 unspecified atom stereocenters. The third-order valence-corrected chi connectivity index (χ3v) is 13.0. The highest BCUT2D eigenvalue weighted by Gasteiger charge is 2.91. The molecule has 15 nitrogen and oxygen atoms in total. The number of hydrogen-bond donors (Lipinski definition) is 2. The van der Waals surface area contributed by atoms with Gasteiger partial charge in [0.25, 0.3) is 0 Å². The molecule has 0 amide bonds. The van der Waals surface area contributed by atoms with Crippen molar-refractivity contribution in [3.05, 3.63) is 24.2 Å². The minimum Gasteiger partial charge on any atom is -0.472 e. The molecule has 0 aromatic carbocycles. The first kappa shape index (κ1) is 35.8. The molecule has 0 spiro atoms. The zero-order valence-corrected chi connectivity index (χ0v) is 29.3.